The molecule has 1 heterocycles. The Morgan fingerprint density at radius 2 is 2.15 bits per heavy atom. The summed E-state index contributed by atoms with van der Waals surface area (Å²) in [4.78, 5) is 4.19. The van der Waals surface area contributed by atoms with Crippen LogP contribution in [0.3, 0.4) is 0 Å². The summed E-state index contributed by atoms with van der Waals surface area (Å²) in [7, 11) is 1.69. The first-order chi connectivity index (χ1) is 12.5. The Labute approximate surface area is 152 Å². The van der Waals surface area contributed by atoms with Gasteiger partial charge in [0.1, 0.15) is 0 Å². The molecule has 1 saturated heterocycles. The van der Waals surface area contributed by atoms with Crippen molar-refractivity contribution in [3.63, 3.8) is 0 Å². The third-order valence-corrected chi connectivity index (χ3v) is 4.14. The zero-order valence-corrected chi connectivity index (χ0v) is 15.5. The van der Waals surface area contributed by atoms with Gasteiger partial charge >= 0.3 is 6.61 Å². The predicted octanol–water partition coefficient (Wildman–Crippen LogP) is 2.92. The molecule has 0 bridgehead atoms. The number of nitrogens with zero attached hydrogens (tertiary/aromatic N) is 1. The third kappa shape index (κ3) is 6.01. The summed E-state index contributed by atoms with van der Waals surface area (Å²) in [5.74, 6) is 0.967. The van der Waals surface area contributed by atoms with E-state index in [0.29, 0.717) is 31.4 Å². The maximum Gasteiger partial charge on any atom is 0.387 e. The van der Waals surface area contributed by atoms with E-state index in [1.807, 2.05) is 0 Å². The van der Waals surface area contributed by atoms with Gasteiger partial charge in [-0.05, 0) is 44.4 Å². The lowest BCUT2D eigenvalue weighted by molar-refractivity contribution is -0.0514. The van der Waals surface area contributed by atoms with E-state index in [-0.39, 0.29) is 11.4 Å². The molecule has 2 N–H and O–H groups in total. The van der Waals surface area contributed by atoms with Gasteiger partial charge in [-0.15, -0.1) is 0 Å². The molecule has 1 aromatic carbocycles. The zero-order valence-electron chi connectivity index (χ0n) is 15.5. The average Bonchev–Trinajstić information content (AvgIpc) is 3.04. The summed E-state index contributed by atoms with van der Waals surface area (Å²) in [5.41, 5.74) is 0.690. The molecule has 0 spiro atoms. The van der Waals surface area contributed by atoms with E-state index in [4.69, 9.17) is 9.47 Å². The lowest BCUT2D eigenvalue weighted by Crippen LogP contribution is -2.45. The number of ether oxygens (including phenoxy) is 3. The molecular formula is C18H27F2N3O3. The third-order valence-electron chi connectivity index (χ3n) is 4.14. The van der Waals surface area contributed by atoms with Crippen molar-refractivity contribution in [1.29, 1.82) is 0 Å². The summed E-state index contributed by atoms with van der Waals surface area (Å²) in [5, 5.41) is 6.45. The van der Waals surface area contributed by atoms with Crippen molar-refractivity contribution in [3.05, 3.63) is 23.8 Å². The van der Waals surface area contributed by atoms with Crippen molar-refractivity contribution in [2.75, 3.05) is 26.8 Å². The van der Waals surface area contributed by atoms with E-state index < -0.39 is 6.61 Å². The first-order valence-corrected chi connectivity index (χ1v) is 8.75. The Hall–Kier alpha value is -2.09. The van der Waals surface area contributed by atoms with Crippen LogP contribution in [0.5, 0.6) is 11.5 Å². The van der Waals surface area contributed by atoms with Crippen LogP contribution in [-0.2, 0) is 11.3 Å². The summed E-state index contributed by atoms with van der Waals surface area (Å²) >= 11 is 0. The Morgan fingerprint density at radius 1 is 1.35 bits per heavy atom. The van der Waals surface area contributed by atoms with Crippen LogP contribution in [0.25, 0.3) is 0 Å². The number of hydrogen-bond acceptors (Lipinski definition) is 4. The minimum absolute atomic E-state index is 0.0272. The van der Waals surface area contributed by atoms with Gasteiger partial charge in [0.25, 0.3) is 0 Å². The van der Waals surface area contributed by atoms with Crippen molar-refractivity contribution in [1.82, 2.24) is 10.6 Å². The highest BCUT2D eigenvalue weighted by Gasteiger charge is 2.29. The molecule has 1 fully saturated rings. The first-order valence-electron chi connectivity index (χ1n) is 8.75. The first kappa shape index (κ1) is 20.2. The molecule has 6 nitrogen and oxygen atoms in total. The quantitative estimate of drug-likeness (QED) is 0.543. The molecule has 0 amide bonds. The molecule has 0 aliphatic carbocycles. The SMILES string of the molecule is CCOc1cc(CNC(=NC)NCC2(C)CCCO2)ccc1OC(F)F. The van der Waals surface area contributed by atoms with Crippen molar-refractivity contribution in [2.45, 2.75) is 45.4 Å². The Morgan fingerprint density at radius 3 is 2.77 bits per heavy atom. The topological polar surface area (TPSA) is 64.1 Å². The summed E-state index contributed by atoms with van der Waals surface area (Å²) in [6, 6.07) is 4.88. The van der Waals surface area contributed by atoms with Crippen LogP contribution in [0.15, 0.2) is 23.2 Å². The van der Waals surface area contributed by atoms with Gasteiger partial charge < -0.3 is 24.8 Å². The van der Waals surface area contributed by atoms with Crippen molar-refractivity contribution in [3.8, 4) is 11.5 Å². The fourth-order valence-electron chi connectivity index (χ4n) is 2.78. The Bertz CT molecular complexity index is 605. The highest BCUT2D eigenvalue weighted by molar-refractivity contribution is 5.79. The second-order valence-corrected chi connectivity index (χ2v) is 6.27. The summed E-state index contributed by atoms with van der Waals surface area (Å²) in [6.45, 7) is 3.26. The van der Waals surface area contributed by atoms with Crippen molar-refractivity contribution >= 4 is 5.96 Å². The number of alkyl halides is 2. The van der Waals surface area contributed by atoms with E-state index in [1.54, 1.807) is 26.1 Å². The molecule has 1 aliphatic heterocycles. The minimum Gasteiger partial charge on any atom is -0.490 e. The molecule has 0 radical (unpaired) electrons. The normalized spacial score (nSPS) is 20.3. The number of halogens is 2. The van der Waals surface area contributed by atoms with Gasteiger partial charge in [-0.2, -0.15) is 8.78 Å². The molecule has 1 unspecified atom stereocenters. The molecule has 26 heavy (non-hydrogen) atoms. The van der Waals surface area contributed by atoms with Gasteiger partial charge in [-0.25, -0.2) is 0 Å². The van der Waals surface area contributed by atoms with Crippen LogP contribution in [0.2, 0.25) is 0 Å². The van der Waals surface area contributed by atoms with Crippen molar-refractivity contribution in [2.24, 2.45) is 4.99 Å². The number of benzene rings is 1. The minimum atomic E-state index is -2.89. The van der Waals surface area contributed by atoms with Gasteiger partial charge in [0.05, 0.1) is 12.2 Å². The Kier molecular flexibility index (Phi) is 7.44. The molecule has 1 atom stereocenters. The van der Waals surface area contributed by atoms with Gasteiger partial charge in [0.2, 0.25) is 0 Å². The van der Waals surface area contributed by atoms with E-state index in [1.165, 1.54) is 6.07 Å². The van der Waals surface area contributed by atoms with Crippen LogP contribution in [0, 0.1) is 0 Å². The second kappa shape index (κ2) is 9.56. The maximum atomic E-state index is 12.5. The van der Waals surface area contributed by atoms with E-state index in [2.05, 4.69) is 27.3 Å². The number of aliphatic imine (C=N–C) groups is 1. The molecule has 1 aliphatic rings. The number of hydrogen-bond donors (Lipinski definition) is 2. The molecule has 146 valence electrons. The monoisotopic (exact) mass is 371 g/mol. The summed E-state index contributed by atoms with van der Waals surface area (Å²) in [6.07, 6.45) is 2.08. The molecule has 0 saturated carbocycles. The van der Waals surface area contributed by atoms with Crippen LogP contribution in [0.1, 0.15) is 32.3 Å². The van der Waals surface area contributed by atoms with E-state index in [0.717, 1.165) is 25.0 Å². The van der Waals surface area contributed by atoms with Crippen LogP contribution in [0.4, 0.5) is 8.78 Å². The lowest BCUT2D eigenvalue weighted by Gasteiger charge is -2.24. The predicted molar refractivity (Wildman–Crippen MR) is 96.0 cm³/mol. The highest BCUT2D eigenvalue weighted by Crippen LogP contribution is 2.30. The summed E-state index contributed by atoms with van der Waals surface area (Å²) < 4.78 is 40.5. The number of guanidine groups is 1. The van der Waals surface area contributed by atoms with Crippen LogP contribution < -0.4 is 20.1 Å². The lowest BCUT2D eigenvalue weighted by atomic mass is 10.0. The number of nitrogens with one attached hydrogen (secondary N) is 2. The molecule has 8 heteroatoms. The maximum absolute atomic E-state index is 12.5. The molecule has 0 aromatic heterocycles. The standard InChI is InChI=1S/C18H27F2N3O3/c1-4-24-15-10-13(6-7-14(15)26-16(19)20)11-22-17(21-3)23-12-18(2)8-5-9-25-18/h6-7,10,16H,4-5,8-9,11-12H2,1-3H3,(H2,21,22,23). The Balaban J connectivity index is 1.93. The van der Waals surface area contributed by atoms with Gasteiger partial charge in [-0.1, -0.05) is 6.07 Å². The van der Waals surface area contributed by atoms with Gasteiger partial charge in [-0.3, -0.25) is 4.99 Å². The molecule has 1 aromatic rings. The molecular weight excluding hydrogens is 344 g/mol. The second-order valence-electron chi connectivity index (χ2n) is 6.27. The number of rotatable bonds is 8. The van der Waals surface area contributed by atoms with Gasteiger partial charge in [0.15, 0.2) is 17.5 Å². The zero-order chi connectivity index (χ0) is 19.0. The van der Waals surface area contributed by atoms with Crippen LogP contribution >= 0.6 is 0 Å². The largest absolute Gasteiger partial charge is 0.490 e. The average molecular weight is 371 g/mol. The van der Waals surface area contributed by atoms with Crippen molar-refractivity contribution < 1.29 is 23.0 Å². The van der Waals surface area contributed by atoms with E-state index >= 15 is 0 Å². The smallest absolute Gasteiger partial charge is 0.387 e. The van der Waals surface area contributed by atoms with E-state index in [9.17, 15) is 8.78 Å². The van der Waals surface area contributed by atoms with Crippen LogP contribution in [-0.4, -0.2) is 45.0 Å². The fourth-order valence-corrected chi connectivity index (χ4v) is 2.78. The molecule has 2 rings (SSSR count). The fraction of sp³-hybridized carbons (Fsp3) is 0.611. The highest BCUT2D eigenvalue weighted by atomic mass is 19.3. The van der Waals surface area contributed by atoms with Gasteiger partial charge in [0, 0.05) is 26.7 Å².